The van der Waals surface area contributed by atoms with Gasteiger partial charge in [0, 0.05) is 18.9 Å². The number of aliphatic hydroxyl groups excluding tert-OH is 1. The molecule has 1 heterocycles. The van der Waals surface area contributed by atoms with E-state index >= 15 is 0 Å². The standard InChI is InChI=1S/C16H19N3O4S2/c1-10-3-5-11(6-4-10)9-24-14-12(15(21)22)13(25-19-14)18-16(23)17-7-2-8-20/h3-6,20H,2,7-9H2,1H3,(H,21,22)(H2,17,18,23). The van der Waals surface area contributed by atoms with Crippen molar-refractivity contribution in [2.75, 3.05) is 18.5 Å². The Hall–Kier alpha value is -2.10. The monoisotopic (exact) mass is 381 g/mol. The van der Waals surface area contributed by atoms with Gasteiger partial charge in [-0.3, -0.25) is 5.32 Å². The molecule has 0 saturated carbocycles. The molecule has 7 nitrogen and oxygen atoms in total. The predicted molar refractivity (Wildman–Crippen MR) is 98.5 cm³/mol. The lowest BCUT2D eigenvalue weighted by atomic mass is 10.2. The molecule has 0 aliphatic carbocycles. The molecule has 0 atom stereocenters. The normalized spacial score (nSPS) is 10.5. The highest BCUT2D eigenvalue weighted by Crippen LogP contribution is 2.33. The summed E-state index contributed by atoms with van der Waals surface area (Å²) in [6.07, 6.45) is 0.430. The summed E-state index contributed by atoms with van der Waals surface area (Å²) >= 11 is 2.25. The number of aromatic nitrogens is 1. The number of carboxylic acid groups (broad SMARTS) is 1. The minimum Gasteiger partial charge on any atom is -0.477 e. The fraction of sp³-hybridized carbons (Fsp3) is 0.312. The van der Waals surface area contributed by atoms with Gasteiger partial charge in [-0.2, -0.15) is 4.37 Å². The zero-order chi connectivity index (χ0) is 18.2. The maximum absolute atomic E-state index is 11.8. The quantitative estimate of drug-likeness (QED) is 0.413. The second-order valence-electron chi connectivity index (χ2n) is 5.23. The van der Waals surface area contributed by atoms with E-state index in [4.69, 9.17) is 5.11 Å². The van der Waals surface area contributed by atoms with Crippen LogP contribution >= 0.6 is 23.3 Å². The van der Waals surface area contributed by atoms with Crippen LogP contribution in [0.4, 0.5) is 9.80 Å². The third-order valence-corrected chi connectivity index (χ3v) is 5.14. The predicted octanol–water partition coefficient (Wildman–Crippen LogP) is 2.95. The number of carboxylic acids is 1. The molecule has 1 aromatic carbocycles. The topological polar surface area (TPSA) is 112 Å². The molecule has 4 N–H and O–H groups in total. The zero-order valence-electron chi connectivity index (χ0n) is 13.6. The summed E-state index contributed by atoms with van der Waals surface area (Å²) < 4.78 is 4.16. The van der Waals surface area contributed by atoms with Gasteiger partial charge in [0.15, 0.2) is 0 Å². The lowest BCUT2D eigenvalue weighted by Gasteiger charge is -2.06. The number of rotatable bonds is 8. The highest BCUT2D eigenvalue weighted by atomic mass is 32.2. The van der Waals surface area contributed by atoms with Crippen LogP contribution in [0.15, 0.2) is 29.3 Å². The van der Waals surface area contributed by atoms with Gasteiger partial charge in [-0.1, -0.05) is 41.6 Å². The Bertz CT molecular complexity index is 731. The minimum absolute atomic E-state index is 0.000537. The smallest absolute Gasteiger partial charge is 0.341 e. The SMILES string of the molecule is Cc1ccc(CSc2nsc(NC(=O)NCCCO)c2C(=O)O)cc1. The van der Waals surface area contributed by atoms with E-state index in [1.807, 2.05) is 31.2 Å². The molecule has 0 aliphatic heterocycles. The average Bonchev–Trinajstić information content (AvgIpc) is 2.97. The number of benzene rings is 1. The summed E-state index contributed by atoms with van der Waals surface area (Å²) in [7, 11) is 0. The number of hydrogen-bond acceptors (Lipinski definition) is 6. The maximum Gasteiger partial charge on any atom is 0.341 e. The van der Waals surface area contributed by atoms with Crippen molar-refractivity contribution in [2.24, 2.45) is 0 Å². The van der Waals surface area contributed by atoms with Gasteiger partial charge in [0.25, 0.3) is 0 Å². The Kier molecular flexibility index (Phi) is 7.23. The Morgan fingerprint density at radius 1 is 1.28 bits per heavy atom. The number of urea groups is 1. The second-order valence-corrected chi connectivity index (χ2v) is 6.97. The number of carbonyl (C=O) groups excluding carboxylic acids is 1. The van der Waals surface area contributed by atoms with E-state index < -0.39 is 12.0 Å². The van der Waals surface area contributed by atoms with Crippen molar-refractivity contribution in [1.29, 1.82) is 0 Å². The van der Waals surface area contributed by atoms with Gasteiger partial charge in [-0.05, 0) is 30.4 Å². The Balaban J connectivity index is 2.04. The van der Waals surface area contributed by atoms with Crippen LogP contribution in [-0.4, -0.2) is 39.7 Å². The van der Waals surface area contributed by atoms with Crippen molar-refractivity contribution < 1.29 is 19.8 Å². The molecule has 9 heteroatoms. The molecular formula is C16H19N3O4S2. The minimum atomic E-state index is -1.13. The molecule has 2 amide bonds. The Morgan fingerprint density at radius 2 is 2.00 bits per heavy atom. The first kappa shape index (κ1) is 19.2. The van der Waals surface area contributed by atoms with E-state index in [0.717, 1.165) is 22.7 Å². The summed E-state index contributed by atoms with van der Waals surface area (Å²) in [6.45, 7) is 2.28. The molecule has 0 bridgehead atoms. The van der Waals surface area contributed by atoms with Crippen molar-refractivity contribution in [3.63, 3.8) is 0 Å². The van der Waals surface area contributed by atoms with Crippen LogP contribution in [0.25, 0.3) is 0 Å². The molecule has 2 aromatic rings. The van der Waals surface area contributed by atoms with Crippen molar-refractivity contribution >= 4 is 40.3 Å². The molecule has 0 radical (unpaired) electrons. The fourth-order valence-electron chi connectivity index (χ4n) is 1.91. The van der Waals surface area contributed by atoms with Crippen LogP contribution in [0.5, 0.6) is 0 Å². The first-order valence-corrected chi connectivity index (χ1v) is 9.34. The molecule has 0 fully saturated rings. The maximum atomic E-state index is 11.8. The van der Waals surface area contributed by atoms with E-state index in [-0.39, 0.29) is 17.2 Å². The molecule has 0 saturated heterocycles. The summed E-state index contributed by atoms with van der Waals surface area (Å²) in [5.74, 6) is -0.544. The van der Waals surface area contributed by atoms with E-state index in [2.05, 4.69) is 15.0 Å². The summed E-state index contributed by atoms with van der Waals surface area (Å²) in [5.41, 5.74) is 2.22. The molecule has 0 spiro atoms. The van der Waals surface area contributed by atoms with Crippen LogP contribution in [0.2, 0.25) is 0 Å². The van der Waals surface area contributed by atoms with E-state index in [9.17, 15) is 14.7 Å². The number of aromatic carboxylic acids is 1. The van der Waals surface area contributed by atoms with Crippen LogP contribution in [0, 0.1) is 6.92 Å². The van der Waals surface area contributed by atoms with Gasteiger partial charge in [-0.15, -0.1) is 0 Å². The number of nitrogens with one attached hydrogen (secondary N) is 2. The number of anilines is 1. The zero-order valence-corrected chi connectivity index (χ0v) is 15.2. The van der Waals surface area contributed by atoms with Crippen molar-refractivity contribution in [3.8, 4) is 0 Å². The Morgan fingerprint density at radius 3 is 2.64 bits per heavy atom. The van der Waals surface area contributed by atoms with Gasteiger partial charge < -0.3 is 15.5 Å². The number of carbonyl (C=O) groups is 2. The van der Waals surface area contributed by atoms with Crippen LogP contribution in [0.3, 0.4) is 0 Å². The lowest BCUT2D eigenvalue weighted by molar-refractivity contribution is 0.0694. The summed E-state index contributed by atoms with van der Waals surface area (Å²) in [5, 5.41) is 23.8. The van der Waals surface area contributed by atoms with E-state index in [0.29, 0.717) is 23.7 Å². The van der Waals surface area contributed by atoms with Gasteiger partial charge >= 0.3 is 12.0 Å². The highest BCUT2D eigenvalue weighted by molar-refractivity contribution is 7.98. The number of nitrogens with zero attached hydrogens (tertiary/aromatic N) is 1. The summed E-state index contributed by atoms with van der Waals surface area (Å²) in [4.78, 5) is 23.3. The Labute approximate surface area is 153 Å². The van der Waals surface area contributed by atoms with Crippen molar-refractivity contribution in [1.82, 2.24) is 9.69 Å². The number of thioether (sulfide) groups is 1. The third kappa shape index (κ3) is 5.73. The molecule has 0 unspecified atom stereocenters. The average molecular weight is 381 g/mol. The second kappa shape index (κ2) is 9.40. The fourth-order valence-corrected chi connectivity index (χ4v) is 3.81. The van der Waals surface area contributed by atoms with Gasteiger partial charge in [0.1, 0.15) is 15.6 Å². The molecule has 134 valence electrons. The van der Waals surface area contributed by atoms with E-state index in [1.54, 1.807) is 0 Å². The number of amides is 2. The molecular weight excluding hydrogens is 362 g/mol. The van der Waals surface area contributed by atoms with Gasteiger partial charge in [0.05, 0.1) is 0 Å². The first-order valence-electron chi connectivity index (χ1n) is 7.58. The molecule has 2 rings (SSSR count). The van der Waals surface area contributed by atoms with Gasteiger partial charge in [0.2, 0.25) is 0 Å². The first-order chi connectivity index (χ1) is 12.0. The lowest BCUT2D eigenvalue weighted by Crippen LogP contribution is -2.30. The number of aryl methyl sites for hydroxylation is 1. The summed E-state index contributed by atoms with van der Waals surface area (Å²) in [6, 6.07) is 7.46. The highest BCUT2D eigenvalue weighted by Gasteiger charge is 2.22. The number of aliphatic hydroxyl groups is 1. The van der Waals surface area contributed by atoms with Crippen LogP contribution in [-0.2, 0) is 5.75 Å². The number of hydrogen-bond donors (Lipinski definition) is 4. The van der Waals surface area contributed by atoms with Crippen LogP contribution < -0.4 is 10.6 Å². The van der Waals surface area contributed by atoms with Gasteiger partial charge in [-0.25, -0.2) is 9.59 Å². The van der Waals surface area contributed by atoms with E-state index in [1.165, 1.54) is 11.8 Å². The molecule has 0 aliphatic rings. The third-order valence-electron chi connectivity index (χ3n) is 3.22. The van der Waals surface area contributed by atoms with Crippen LogP contribution in [0.1, 0.15) is 27.9 Å². The molecule has 25 heavy (non-hydrogen) atoms. The van der Waals surface area contributed by atoms with Crippen molar-refractivity contribution in [2.45, 2.75) is 24.1 Å². The molecule has 1 aromatic heterocycles. The largest absolute Gasteiger partial charge is 0.477 e. The van der Waals surface area contributed by atoms with Crippen molar-refractivity contribution in [3.05, 3.63) is 41.0 Å².